The molecule has 1 amide bonds. The first-order valence-electron chi connectivity index (χ1n) is 16.1. The Kier molecular flexibility index (Phi) is 11.8. The van der Waals surface area contributed by atoms with Crippen molar-refractivity contribution in [1.29, 1.82) is 0 Å². The van der Waals surface area contributed by atoms with Crippen molar-refractivity contribution in [3.05, 3.63) is 91.6 Å². The number of aryl methyl sites for hydroxylation is 2. The van der Waals surface area contributed by atoms with Gasteiger partial charge in [-0.2, -0.15) is 13.2 Å². The Hall–Kier alpha value is -5.01. The molecule has 1 saturated heterocycles. The fourth-order valence-electron chi connectivity index (χ4n) is 6.48. The lowest BCUT2D eigenvalue weighted by Gasteiger charge is -2.36. The van der Waals surface area contributed by atoms with Gasteiger partial charge in [-0.15, -0.1) is 18.8 Å². The van der Waals surface area contributed by atoms with Crippen LogP contribution in [0.1, 0.15) is 72.2 Å². The molecule has 1 fully saturated rings. The third-order valence-corrected chi connectivity index (χ3v) is 8.89. The van der Waals surface area contributed by atoms with Gasteiger partial charge in [0.1, 0.15) is 23.5 Å². The first-order valence-corrected chi connectivity index (χ1v) is 16.1. The van der Waals surface area contributed by atoms with Gasteiger partial charge in [0, 0.05) is 48.9 Å². The summed E-state index contributed by atoms with van der Waals surface area (Å²) in [5, 5.41) is 12.1. The highest BCUT2D eigenvalue weighted by atomic mass is 19.4. The highest BCUT2D eigenvalue weighted by Gasteiger charge is 2.37. The van der Waals surface area contributed by atoms with Crippen LogP contribution in [-0.4, -0.2) is 46.1 Å². The summed E-state index contributed by atoms with van der Waals surface area (Å²) in [6.07, 6.45) is 5.73. The average Bonchev–Trinajstić information content (AvgIpc) is 2.99. The van der Waals surface area contributed by atoms with Gasteiger partial charge in [-0.1, -0.05) is 19.8 Å². The lowest BCUT2D eigenvalue weighted by Crippen LogP contribution is -2.46. The summed E-state index contributed by atoms with van der Waals surface area (Å²) in [6, 6.07) is 0.284. The van der Waals surface area contributed by atoms with E-state index in [1.165, 1.54) is 13.8 Å². The first-order chi connectivity index (χ1) is 23.9. The molecule has 2 unspecified atom stereocenters. The van der Waals surface area contributed by atoms with Crippen LogP contribution in [0.4, 0.5) is 26.3 Å². The van der Waals surface area contributed by atoms with Crippen LogP contribution in [0.3, 0.4) is 0 Å². The third-order valence-electron chi connectivity index (χ3n) is 8.89. The second-order valence-corrected chi connectivity index (χ2v) is 13.2. The Morgan fingerprint density at radius 2 is 1.67 bits per heavy atom. The summed E-state index contributed by atoms with van der Waals surface area (Å²) in [4.78, 5) is 41.2. The molecule has 1 aromatic heterocycles. The number of hydrogen-bond donors (Lipinski definition) is 2. The van der Waals surface area contributed by atoms with Crippen molar-refractivity contribution in [2.24, 2.45) is 11.8 Å². The van der Waals surface area contributed by atoms with Gasteiger partial charge in [0.15, 0.2) is 0 Å². The molecule has 2 heterocycles. The van der Waals surface area contributed by atoms with Gasteiger partial charge >= 0.3 is 12.1 Å². The number of terminal acetylenes is 2. The highest BCUT2D eigenvalue weighted by molar-refractivity contribution is 5.82. The van der Waals surface area contributed by atoms with Crippen LogP contribution >= 0.6 is 0 Å². The number of amides is 1. The maximum Gasteiger partial charge on any atom is 0.416 e. The molecule has 2 atom stereocenters. The van der Waals surface area contributed by atoms with E-state index in [1.54, 1.807) is 13.8 Å². The van der Waals surface area contributed by atoms with E-state index in [2.05, 4.69) is 17.2 Å². The maximum absolute atomic E-state index is 16.5. The summed E-state index contributed by atoms with van der Waals surface area (Å²) in [5.41, 5.74) is -3.50. The van der Waals surface area contributed by atoms with E-state index in [4.69, 9.17) is 12.8 Å². The molecule has 2 N–H and O–H groups in total. The summed E-state index contributed by atoms with van der Waals surface area (Å²) in [6.45, 7) is 7.54. The average molecular weight is 714 g/mol. The Labute approximate surface area is 291 Å². The normalized spacial score (nSPS) is 14.8. The molecule has 4 rings (SSSR count). The molecule has 270 valence electrons. The molecule has 2 aromatic carbocycles. The van der Waals surface area contributed by atoms with Crippen LogP contribution in [0.2, 0.25) is 0 Å². The quantitative estimate of drug-likeness (QED) is 0.164. The number of carboxylic acids is 1. The third kappa shape index (κ3) is 8.66. The number of carbonyl (C=O) groups is 2. The molecule has 13 heteroatoms. The number of carboxylic acid groups (broad SMARTS) is 1. The second kappa shape index (κ2) is 15.5. The van der Waals surface area contributed by atoms with E-state index >= 15 is 8.78 Å². The summed E-state index contributed by atoms with van der Waals surface area (Å²) < 4.78 is 89.6. The molecule has 0 bridgehead atoms. The zero-order valence-corrected chi connectivity index (χ0v) is 28.4. The van der Waals surface area contributed by atoms with Gasteiger partial charge in [-0.25, -0.2) is 13.2 Å². The zero-order valence-electron chi connectivity index (χ0n) is 28.4. The van der Waals surface area contributed by atoms with Gasteiger partial charge in [0.25, 0.3) is 5.56 Å². The number of rotatable bonds is 12. The predicted octanol–water partition coefficient (Wildman–Crippen LogP) is 6.58. The minimum Gasteiger partial charge on any atom is -0.481 e. The number of carbonyl (C=O) groups excluding carboxylic acids is 1. The van der Waals surface area contributed by atoms with Gasteiger partial charge in [-0.05, 0) is 73.1 Å². The van der Waals surface area contributed by atoms with Crippen LogP contribution in [-0.2, 0) is 22.2 Å². The molecule has 0 aliphatic carbocycles. The van der Waals surface area contributed by atoms with Gasteiger partial charge in [0.2, 0.25) is 5.91 Å². The summed E-state index contributed by atoms with van der Waals surface area (Å²) in [5.74, 6) is -1.49. The number of aliphatic carboxylic acids is 1. The van der Waals surface area contributed by atoms with Crippen LogP contribution < -0.4 is 10.9 Å². The van der Waals surface area contributed by atoms with Crippen LogP contribution in [0.15, 0.2) is 35.3 Å². The van der Waals surface area contributed by atoms with Crippen molar-refractivity contribution in [3.63, 3.8) is 0 Å². The molecule has 3 aromatic rings. The predicted molar refractivity (Wildman–Crippen MR) is 179 cm³/mol. The molecule has 1 aliphatic rings. The van der Waals surface area contributed by atoms with E-state index in [0.717, 1.165) is 29.0 Å². The monoisotopic (exact) mass is 713 g/mol. The van der Waals surface area contributed by atoms with E-state index in [9.17, 15) is 37.1 Å². The number of alkyl halides is 3. The Morgan fingerprint density at radius 1 is 1.04 bits per heavy atom. The van der Waals surface area contributed by atoms with Crippen molar-refractivity contribution in [3.8, 4) is 35.8 Å². The van der Waals surface area contributed by atoms with Crippen LogP contribution in [0.5, 0.6) is 0 Å². The SMILES string of the molecule is C#Cc1cc(-c2c(C)cc(F)cc2C)c(F)c(C(CC(=O)O)NC(=O)C(CC(C)C)n2cc(CCN3CC(C#C)C3)c(C(F)(F)F)cc2=O)c1F. The fraction of sp³-hybridized carbons (Fsp3) is 0.395. The smallest absolute Gasteiger partial charge is 0.416 e. The molecular weight excluding hydrogens is 676 g/mol. The minimum absolute atomic E-state index is 0.0188. The molecule has 0 spiro atoms. The number of likely N-dealkylation sites (tertiary alicyclic amines) is 1. The van der Waals surface area contributed by atoms with Crippen molar-refractivity contribution in [2.75, 3.05) is 19.6 Å². The van der Waals surface area contributed by atoms with Crippen molar-refractivity contribution >= 4 is 11.9 Å². The van der Waals surface area contributed by atoms with Gasteiger partial charge in [0.05, 0.1) is 23.6 Å². The number of pyridine rings is 1. The highest BCUT2D eigenvalue weighted by Crippen LogP contribution is 2.38. The van der Waals surface area contributed by atoms with E-state index < -0.39 is 76.3 Å². The molecule has 0 saturated carbocycles. The number of nitrogens with one attached hydrogen (secondary N) is 1. The maximum atomic E-state index is 16.5. The lowest BCUT2D eigenvalue weighted by atomic mass is 9.89. The molecular formula is C38H37F6N3O4. The number of halogens is 6. The number of benzene rings is 2. The van der Waals surface area contributed by atoms with Crippen molar-refractivity contribution in [1.82, 2.24) is 14.8 Å². The lowest BCUT2D eigenvalue weighted by molar-refractivity contribution is -0.139. The molecule has 0 radical (unpaired) electrons. The molecule has 1 aliphatic heterocycles. The van der Waals surface area contributed by atoms with E-state index in [0.29, 0.717) is 19.2 Å². The zero-order chi connectivity index (χ0) is 37.9. The summed E-state index contributed by atoms with van der Waals surface area (Å²) in [7, 11) is 0. The Balaban J connectivity index is 1.82. The second-order valence-electron chi connectivity index (χ2n) is 13.2. The molecule has 51 heavy (non-hydrogen) atoms. The van der Waals surface area contributed by atoms with E-state index in [-0.39, 0.29) is 59.0 Å². The first kappa shape index (κ1) is 38.8. The van der Waals surface area contributed by atoms with Crippen molar-refractivity contribution < 1.29 is 41.0 Å². The van der Waals surface area contributed by atoms with Crippen LogP contribution in [0, 0.1) is 67.8 Å². The summed E-state index contributed by atoms with van der Waals surface area (Å²) >= 11 is 0. The minimum atomic E-state index is -4.89. The fourth-order valence-corrected chi connectivity index (χ4v) is 6.48. The standard InChI is InChI=1S/C38H37F6N3O4/c1-7-23-17-46(18-23)10-9-25-19-47(31(48)15-28(25)38(42,43)44)30(11-20(3)4)37(51)45-29(16-32(49)50)34-35(40)24(8-2)14-27(36(34)41)33-21(5)12-26(39)13-22(33)6/h1-2,12-15,19-20,23,29-30H,9-11,16-18H2,3-6H3,(H,45,51)(H,49,50). The number of nitrogens with zero attached hydrogens (tertiary/aromatic N) is 2. The topological polar surface area (TPSA) is 91.6 Å². The largest absolute Gasteiger partial charge is 0.481 e. The van der Waals surface area contributed by atoms with Crippen LogP contribution in [0.25, 0.3) is 11.1 Å². The Morgan fingerprint density at radius 3 is 2.20 bits per heavy atom. The van der Waals surface area contributed by atoms with E-state index in [1.807, 2.05) is 4.90 Å². The Bertz CT molecular complexity index is 1960. The molecule has 7 nitrogen and oxygen atoms in total. The number of aromatic nitrogens is 1. The number of hydrogen-bond acceptors (Lipinski definition) is 4. The van der Waals surface area contributed by atoms with Gasteiger partial charge < -0.3 is 19.9 Å². The van der Waals surface area contributed by atoms with Crippen molar-refractivity contribution in [2.45, 2.75) is 65.2 Å². The van der Waals surface area contributed by atoms with Gasteiger partial charge in [-0.3, -0.25) is 14.4 Å².